The molecule has 0 saturated heterocycles. The van der Waals surface area contributed by atoms with Crippen LogP contribution in [0.25, 0.3) is 0 Å². The topological polar surface area (TPSA) is 26.0 Å². The minimum atomic E-state index is -2.59. The van der Waals surface area contributed by atoms with Gasteiger partial charge in [-0.2, -0.15) is 0 Å². The molecule has 0 aromatic rings. The van der Waals surface area contributed by atoms with Crippen LogP contribution in [-0.2, 0) is 0 Å². The van der Waals surface area contributed by atoms with Crippen molar-refractivity contribution in [3.8, 4) is 0 Å². The summed E-state index contributed by atoms with van der Waals surface area (Å²) in [6, 6.07) is 0. The minimum absolute atomic E-state index is 0.00231. The smallest absolute Gasteiger partial charge is 0.268 e. The zero-order chi connectivity index (χ0) is 8.82. The Balaban J connectivity index is 2.06. The molecule has 0 spiro atoms. The predicted molar refractivity (Wildman–Crippen MR) is 43.0 cm³/mol. The van der Waals surface area contributed by atoms with Crippen molar-refractivity contribution in [3.05, 3.63) is 12.2 Å². The Morgan fingerprint density at radius 3 is 2.42 bits per heavy atom. The largest absolute Gasteiger partial charge is 0.320 e. The van der Waals surface area contributed by atoms with Crippen LogP contribution in [0.2, 0.25) is 0 Å². The highest BCUT2D eigenvalue weighted by Crippen LogP contribution is 2.57. The van der Waals surface area contributed by atoms with Crippen molar-refractivity contribution >= 4 is 0 Å². The van der Waals surface area contributed by atoms with Crippen LogP contribution >= 0.6 is 0 Å². The highest BCUT2D eigenvalue weighted by Gasteiger charge is 2.71. The van der Waals surface area contributed by atoms with Gasteiger partial charge in [0, 0.05) is 6.42 Å². The molecule has 0 radical (unpaired) electrons. The molecular formula is C9H13F2N. The molecule has 0 aromatic heterocycles. The van der Waals surface area contributed by atoms with Crippen LogP contribution in [0.5, 0.6) is 0 Å². The molecule has 2 unspecified atom stereocenters. The zero-order valence-corrected chi connectivity index (χ0v) is 6.89. The monoisotopic (exact) mass is 173 g/mol. The summed E-state index contributed by atoms with van der Waals surface area (Å²) in [4.78, 5) is 0. The number of halogens is 2. The molecule has 2 N–H and O–H groups in total. The lowest BCUT2D eigenvalue weighted by Crippen LogP contribution is -2.39. The summed E-state index contributed by atoms with van der Waals surface area (Å²) >= 11 is 0. The van der Waals surface area contributed by atoms with Crippen molar-refractivity contribution < 1.29 is 8.78 Å². The minimum Gasteiger partial charge on any atom is -0.320 e. The van der Waals surface area contributed by atoms with Crippen LogP contribution in [0, 0.1) is 5.92 Å². The lowest BCUT2D eigenvalue weighted by atomic mass is 9.86. The van der Waals surface area contributed by atoms with Gasteiger partial charge in [-0.1, -0.05) is 12.2 Å². The third-order valence-corrected chi connectivity index (χ3v) is 3.07. The summed E-state index contributed by atoms with van der Waals surface area (Å²) in [5.41, 5.74) is 4.45. The van der Waals surface area contributed by atoms with E-state index in [2.05, 4.69) is 0 Å². The Labute approximate surface area is 70.6 Å². The molecule has 2 aliphatic carbocycles. The van der Waals surface area contributed by atoms with E-state index in [0.29, 0.717) is 0 Å². The fraction of sp³-hybridized carbons (Fsp3) is 0.778. The Bertz CT molecular complexity index is 225. The average molecular weight is 173 g/mol. The molecular weight excluding hydrogens is 160 g/mol. The lowest BCUT2D eigenvalue weighted by molar-refractivity contribution is 0.0704. The van der Waals surface area contributed by atoms with Crippen LogP contribution in [0.3, 0.4) is 0 Å². The van der Waals surface area contributed by atoms with Gasteiger partial charge in [-0.25, -0.2) is 8.78 Å². The summed E-state index contributed by atoms with van der Waals surface area (Å²) in [5, 5.41) is 0. The van der Waals surface area contributed by atoms with Gasteiger partial charge in [-0.05, 0) is 25.2 Å². The van der Waals surface area contributed by atoms with Crippen molar-refractivity contribution in [2.75, 3.05) is 0 Å². The van der Waals surface area contributed by atoms with Crippen molar-refractivity contribution in [1.82, 2.24) is 0 Å². The second-order valence-corrected chi connectivity index (χ2v) is 3.90. The van der Waals surface area contributed by atoms with E-state index < -0.39 is 11.5 Å². The standard InChI is InChI=1S/C9H13F2N/c10-9(11)6-8(9,12)7-4-2-1-3-5-7/h1-2,7H,3-6,12H2. The van der Waals surface area contributed by atoms with Gasteiger partial charge >= 0.3 is 0 Å². The summed E-state index contributed by atoms with van der Waals surface area (Å²) in [6.45, 7) is 0. The van der Waals surface area contributed by atoms with Gasteiger partial charge in [-0.15, -0.1) is 0 Å². The molecule has 0 aliphatic heterocycles. The van der Waals surface area contributed by atoms with E-state index in [1.54, 1.807) is 0 Å². The summed E-state index contributed by atoms with van der Waals surface area (Å²) in [6.07, 6.45) is 6.35. The Morgan fingerprint density at radius 2 is 2.00 bits per heavy atom. The maximum atomic E-state index is 12.8. The normalized spacial score (nSPS) is 44.4. The van der Waals surface area contributed by atoms with Gasteiger partial charge in [0.1, 0.15) is 0 Å². The number of hydrogen-bond acceptors (Lipinski definition) is 1. The number of nitrogens with two attached hydrogens (primary N) is 1. The molecule has 1 nitrogen and oxygen atoms in total. The summed E-state index contributed by atoms with van der Waals surface area (Å²) < 4.78 is 25.6. The van der Waals surface area contributed by atoms with Crippen LogP contribution in [0.4, 0.5) is 8.78 Å². The maximum absolute atomic E-state index is 12.8. The van der Waals surface area contributed by atoms with E-state index in [0.717, 1.165) is 19.3 Å². The van der Waals surface area contributed by atoms with E-state index in [1.807, 2.05) is 12.2 Å². The highest BCUT2D eigenvalue weighted by molar-refractivity contribution is 5.20. The van der Waals surface area contributed by atoms with Gasteiger partial charge in [0.05, 0.1) is 5.54 Å². The SMILES string of the molecule is NC1(C2CC=CCC2)CC1(F)F. The van der Waals surface area contributed by atoms with Crippen LogP contribution in [0.1, 0.15) is 25.7 Å². The molecule has 0 aromatic carbocycles. The van der Waals surface area contributed by atoms with Gasteiger partial charge in [0.2, 0.25) is 0 Å². The number of rotatable bonds is 1. The fourth-order valence-electron chi connectivity index (χ4n) is 2.03. The first kappa shape index (κ1) is 8.17. The molecule has 68 valence electrons. The van der Waals surface area contributed by atoms with E-state index in [-0.39, 0.29) is 12.3 Å². The first-order valence-corrected chi connectivity index (χ1v) is 4.38. The zero-order valence-electron chi connectivity index (χ0n) is 6.89. The van der Waals surface area contributed by atoms with Crippen LogP contribution in [-0.4, -0.2) is 11.5 Å². The molecule has 2 aliphatic rings. The molecule has 2 atom stereocenters. The maximum Gasteiger partial charge on any atom is 0.268 e. The Morgan fingerprint density at radius 1 is 1.33 bits per heavy atom. The van der Waals surface area contributed by atoms with E-state index in [9.17, 15) is 8.78 Å². The van der Waals surface area contributed by atoms with Crippen molar-refractivity contribution in [3.63, 3.8) is 0 Å². The van der Waals surface area contributed by atoms with Gasteiger partial charge in [0.15, 0.2) is 0 Å². The van der Waals surface area contributed by atoms with E-state index in [4.69, 9.17) is 5.73 Å². The average Bonchev–Trinajstić information content (AvgIpc) is 2.55. The second kappa shape index (κ2) is 2.28. The van der Waals surface area contributed by atoms with E-state index in [1.165, 1.54) is 0 Å². The summed E-state index contributed by atoms with van der Waals surface area (Å²) in [5.74, 6) is -2.60. The molecule has 2 rings (SSSR count). The molecule has 1 fully saturated rings. The molecule has 1 saturated carbocycles. The number of alkyl halides is 2. The van der Waals surface area contributed by atoms with Gasteiger partial charge < -0.3 is 5.73 Å². The second-order valence-electron chi connectivity index (χ2n) is 3.90. The first-order chi connectivity index (χ1) is 5.56. The van der Waals surface area contributed by atoms with Crippen LogP contribution in [0.15, 0.2) is 12.2 Å². The molecule has 0 bridgehead atoms. The Hall–Kier alpha value is -0.440. The van der Waals surface area contributed by atoms with Crippen molar-refractivity contribution in [1.29, 1.82) is 0 Å². The third-order valence-electron chi connectivity index (χ3n) is 3.07. The molecule has 0 heterocycles. The van der Waals surface area contributed by atoms with Crippen molar-refractivity contribution in [2.45, 2.75) is 37.1 Å². The molecule has 0 amide bonds. The first-order valence-electron chi connectivity index (χ1n) is 4.38. The third kappa shape index (κ3) is 0.993. The lowest BCUT2D eigenvalue weighted by Gasteiger charge is -2.24. The predicted octanol–water partition coefficient (Wildman–Crippen LogP) is 2.08. The molecule has 12 heavy (non-hydrogen) atoms. The molecule has 3 heteroatoms. The Kier molecular flexibility index (Phi) is 1.55. The highest BCUT2D eigenvalue weighted by atomic mass is 19.3. The number of hydrogen-bond donors (Lipinski definition) is 1. The van der Waals surface area contributed by atoms with Crippen LogP contribution < -0.4 is 5.73 Å². The van der Waals surface area contributed by atoms with Crippen molar-refractivity contribution in [2.24, 2.45) is 11.7 Å². The van der Waals surface area contributed by atoms with Gasteiger partial charge in [0.25, 0.3) is 5.92 Å². The number of allylic oxidation sites excluding steroid dienone is 2. The quantitative estimate of drug-likeness (QED) is 0.603. The summed E-state index contributed by atoms with van der Waals surface area (Å²) in [7, 11) is 0. The fourth-order valence-corrected chi connectivity index (χ4v) is 2.03. The van der Waals surface area contributed by atoms with E-state index >= 15 is 0 Å². The van der Waals surface area contributed by atoms with Gasteiger partial charge in [-0.3, -0.25) is 0 Å².